The minimum atomic E-state index is 0.0321. The summed E-state index contributed by atoms with van der Waals surface area (Å²) in [6.07, 6.45) is 4.47. The van der Waals surface area contributed by atoms with Gasteiger partial charge >= 0.3 is 0 Å². The van der Waals surface area contributed by atoms with Crippen molar-refractivity contribution >= 4 is 5.91 Å². The van der Waals surface area contributed by atoms with Crippen molar-refractivity contribution in [2.45, 2.75) is 64.7 Å². The van der Waals surface area contributed by atoms with Gasteiger partial charge in [-0.15, -0.1) is 0 Å². The minimum Gasteiger partial charge on any atom is -0.381 e. The van der Waals surface area contributed by atoms with Crippen molar-refractivity contribution < 1.29 is 9.53 Å². The summed E-state index contributed by atoms with van der Waals surface area (Å²) in [7, 11) is 0. The fraction of sp³-hybridized carbons (Fsp3) is 0.929. The van der Waals surface area contributed by atoms with Gasteiger partial charge in [0.2, 0.25) is 5.91 Å². The Morgan fingerprint density at radius 3 is 2.94 bits per heavy atom. The molecule has 2 fully saturated rings. The maximum absolute atomic E-state index is 12.4. The lowest BCUT2D eigenvalue weighted by Gasteiger charge is -2.31. The lowest BCUT2D eigenvalue weighted by molar-refractivity contribution is -0.132. The predicted octanol–water partition coefficient (Wildman–Crippen LogP) is 1.75. The summed E-state index contributed by atoms with van der Waals surface area (Å²) < 4.78 is 5.44. The molecule has 1 N–H and O–H groups in total. The molecule has 0 spiro atoms. The third-order valence-electron chi connectivity index (χ3n) is 4.34. The molecule has 0 aromatic rings. The maximum Gasteiger partial charge on any atom is 0.241 e. The molecule has 2 aliphatic rings. The molecule has 18 heavy (non-hydrogen) atoms. The standard InChI is InChI=1S/C14H26N2O2/c1-4-5-6-13-14(17)16(11(3)15-13)10(2)12-7-8-18-9-12/h10-13,15H,4-9H2,1-3H3. The second kappa shape index (κ2) is 6.02. The maximum atomic E-state index is 12.4. The van der Waals surface area contributed by atoms with Gasteiger partial charge in [0.1, 0.15) is 0 Å². The highest BCUT2D eigenvalue weighted by Gasteiger charge is 2.41. The number of nitrogens with one attached hydrogen (secondary N) is 1. The van der Waals surface area contributed by atoms with Crippen LogP contribution in [0.5, 0.6) is 0 Å². The molecular weight excluding hydrogens is 228 g/mol. The largest absolute Gasteiger partial charge is 0.381 e. The van der Waals surface area contributed by atoms with Crippen LogP contribution in [0.3, 0.4) is 0 Å². The number of hydrogen-bond acceptors (Lipinski definition) is 3. The molecule has 4 atom stereocenters. The van der Waals surface area contributed by atoms with Crippen LogP contribution >= 0.6 is 0 Å². The first-order valence-corrected chi connectivity index (χ1v) is 7.31. The fourth-order valence-corrected chi connectivity index (χ4v) is 3.14. The van der Waals surface area contributed by atoms with Crippen LogP contribution in [0, 0.1) is 5.92 Å². The van der Waals surface area contributed by atoms with Crippen LogP contribution in [-0.2, 0) is 9.53 Å². The molecule has 4 nitrogen and oxygen atoms in total. The number of carbonyl (C=O) groups is 1. The molecule has 4 unspecified atom stereocenters. The van der Waals surface area contributed by atoms with Crippen LogP contribution < -0.4 is 5.32 Å². The van der Waals surface area contributed by atoms with E-state index in [-0.39, 0.29) is 24.2 Å². The highest BCUT2D eigenvalue weighted by molar-refractivity contribution is 5.84. The Morgan fingerprint density at radius 2 is 2.33 bits per heavy atom. The Morgan fingerprint density at radius 1 is 1.56 bits per heavy atom. The Kier molecular flexibility index (Phi) is 4.62. The molecule has 0 aromatic carbocycles. The number of ether oxygens (including phenoxy) is 1. The number of unbranched alkanes of at least 4 members (excludes halogenated alkanes) is 1. The van der Waals surface area contributed by atoms with Gasteiger partial charge in [-0.25, -0.2) is 0 Å². The Hall–Kier alpha value is -0.610. The molecule has 0 aromatic heterocycles. The van der Waals surface area contributed by atoms with Crippen LogP contribution in [-0.4, -0.2) is 42.3 Å². The first-order chi connectivity index (χ1) is 8.65. The van der Waals surface area contributed by atoms with Crippen molar-refractivity contribution in [3.63, 3.8) is 0 Å². The molecular formula is C14H26N2O2. The highest BCUT2D eigenvalue weighted by atomic mass is 16.5. The summed E-state index contributed by atoms with van der Waals surface area (Å²) in [4.78, 5) is 14.5. The summed E-state index contributed by atoms with van der Waals surface area (Å²) in [6, 6.07) is 0.318. The quantitative estimate of drug-likeness (QED) is 0.812. The zero-order valence-electron chi connectivity index (χ0n) is 11.8. The number of nitrogens with zero attached hydrogens (tertiary/aromatic N) is 1. The van der Waals surface area contributed by atoms with Crippen LogP contribution in [0.15, 0.2) is 0 Å². The second-order valence-electron chi connectivity index (χ2n) is 5.65. The molecule has 1 amide bonds. The van der Waals surface area contributed by atoms with E-state index in [9.17, 15) is 4.79 Å². The number of rotatable bonds is 5. The van der Waals surface area contributed by atoms with Crippen LogP contribution in [0.2, 0.25) is 0 Å². The Balaban J connectivity index is 1.97. The van der Waals surface area contributed by atoms with Gasteiger partial charge in [-0.3, -0.25) is 10.1 Å². The van der Waals surface area contributed by atoms with Gasteiger partial charge in [0.15, 0.2) is 0 Å². The monoisotopic (exact) mass is 254 g/mol. The smallest absolute Gasteiger partial charge is 0.241 e. The normalized spacial score (nSPS) is 34.3. The molecule has 0 aliphatic carbocycles. The number of amides is 1. The van der Waals surface area contributed by atoms with Gasteiger partial charge in [0.05, 0.1) is 18.8 Å². The van der Waals surface area contributed by atoms with E-state index in [0.717, 1.165) is 38.9 Å². The lowest BCUT2D eigenvalue weighted by atomic mass is 9.98. The van der Waals surface area contributed by atoms with Gasteiger partial charge < -0.3 is 9.64 Å². The van der Waals surface area contributed by atoms with Gasteiger partial charge in [-0.05, 0) is 26.7 Å². The third kappa shape index (κ3) is 2.69. The highest BCUT2D eigenvalue weighted by Crippen LogP contribution is 2.26. The van der Waals surface area contributed by atoms with Crippen molar-refractivity contribution in [1.29, 1.82) is 0 Å². The van der Waals surface area contributed by atoms with Crippen molar-refractivity contribution in [2.24, 2.45) is 5.92 Å². The van der Waals surface area contributed by atoms with E-state index in [0.29, 0.717) is 5.92 Å². The van der Waals surface area contributed by atoms with E-state index in [1.807, 2.05) is 4.90 Å². The fourth-order valence-electron chi connectivity index (χ4n) is 3.14. The topological polar surface area (TPSA) is 41.6 Å². The van der Waals surface area contributed by atoms with Crippen LogP contribution in [0.1, 0.15) is 46.5 Å². The first kappa shape index (κ1) is 13.8. The SMILES string of the molecule is CCCCC1NC(C)N(C(C)C2CCOC2)C1=O. The minimum absolute atomic E-state index is 0.0321. The molecule has 2 aliphatic heterocycles. The zero-order chi connectivity index (χ0) is 13.1. The van der Waals surface area contributed by atoms with E-state index in [2.05, 4.69) is 26.1 Å². The predicted molar refractivity (Wildman–Crippen MR) is 71.1 cm³/mol. The first-order valence-electron chi connectivity index (χ1n) is 7.31. The summed E-state index contributed by atoms with van der Waals surface area (Å²) in [5.74, 6) is 0.790. The van der Waals surface area contributed by atoms with Gasteiger partial charge in [0, 0.05) is 18.6 Å². The van der Waals surface area contributed by atoms with Gasteiger partial charge in [-0.2, -0.15) is 0 Å². The number of carbonyl (C=O) groups excluding carboxylic acids is 1. The molecule has 104 valence electrons. The molecule has 0 saturated carbocycles. The molecule has 0 radical (unpaired) electrons. The molecule has 2 rings (SSSR count). The lowest BCUT2D eigenvalue weighted by Crippen LogP contribution is -2.45. The van der Waals surface area contributed by atoms with E-state index in [1.165, 1.54) is 0 Å². The van der Waals surface area contributed by atoms with Gasteiger partial charge in [0.25, 0.3) is 0 Å². The Labute approximate surface area is 110 Å². The van der Waals surface area contributed by atoms with E-state index in [4.69, 9.17) is 4.74 Å². The van der Waals surface area contributed by atoms with E-state index < -0.39 is 0 Å². The Bertz CT molecular complexity index is 290. The zero-order valence-corrected chi connectivity index (χ0v) is 11.8. The molecule has 4 heteroatoms. The summed E-state index contributed by atoms with van der Waals surface area (Å²) >= 11 is 0. The average molecular weight is 254 g/mol. The van der Waals surface area contributed by atoms with Crippen LogP contribution in [0.25, 0.3) is 0 Å². The average Bonchev–Trinajstić information content (AvgIpc) is 2.95. The summed E-state index contributed by atoms with van der Waals surface area (Å²) in [5, 5.41) is 3.43. The van der Waals surface area contributed by atoms with Crippen LogP contribution in [0.4, 0.5) is 0 Å². The molecule has 0 bridgehead atoms. The second-order valence-corrected chi connectivity index (χ2v) is 5.65. The summed E-state index contributed by atoms with van der Waals surface area (Å²) in [5.41, 5.74) is 0. The summed E-state index contributed by atoms with van der Waals surface area (Å²) in [6.45, 7) is 8.07. The van der Waals surface area contributed by atoms with Gasteiger partial charge in [-0.1, -0.05) is 19.8 Å². The third-order valence-corrected chi connectivity index (χ3v) is 4.34. The van der Waals surface area contributed by atoms with E-state index >= 15 is 0 Å². The van der Waals surface area contributed by atoms with Crippen molar-refractivity contribution in [3.8, 4) is 0 Å². The number of hydrogen-bond donors (Lipinski definition) is 1. The van der Waals surface area contributed by atoms with Crippen molar-refractivity contribution in [1.82, 2.24) is 10.2 Å². The molecule has 2 heterocycles. The van der Waals surface area contributed by atoms with Crippen molar-refractivity contribution in [2.75, 3.05) is 13.2 Å². The molecule has 2 saturated heterocycles. The van der Waals surface area contributed by atoms with E-state index in [1.54, 1.807) is 0 Å². The van der Waals surface area contributed by atoms with Crippen molar-refractivity contribution in [3.05, 3.63) is 0 Å².